The van der Waals surface area contributed by atoms with E-state index in [4.69, 9.17) is 5.73 Å². The van der Waals surface area contributed by atoms with Gasteiger partial charge in [0.2, 0.25) is 5.91 Å². The molecule has 3 N–H and O–H groups in total. The topological polar surface area (TPSA) is 75.0 Å². The van der Waals surface area contributed by atoms with Crippen LogP contribution in [0.15, 0.2) is 0 Å². The Hall–Kier alpha value is -1.36. The molecule has 1 saturated heterocycles. The highest BCUT2D eigenvalue weighted by Crippen LogP contribution is 2.21. The predicted octanol–water partition coefficient (Wildman–Crippen LogP) is 1.54. The summed E-state index contributed by atoms with van der Waals surface area (Å²) >= 11 is 0. The minimum atomic E-state index is 0.149. The molecule has 5 heteroatoms. The lowest BCUT2D eigenvalue weighted by Crippen LogP contribution is -2.32. The van der Waals surface area contributed by atoms with Crippen LogP contribution in [0.4, 0.5) is 0 Å². The van der Waals surface area contributed by atoms with Crippen molar-refractivity contribution < 1.29 is 4.79 Å². The van der Waals surface area contributed by atoms with Crippen molar-refractivity contribution in [2.45, 2.75) is 52.5 Å². The van der Waals surface area contributed by atoms with Gasteiger partial charge in [0.15, 0.2) is 0 Å². The van der Waals surface area contributed by atoms with E-state index in [1.54, 1.807) is 0 Å². The van der Waals surface area contributed by atoms with Gasteiger partial charge in [-0.3, -0.25) is 9.89 Å². The first-order valence-electron chi connectivity index (χ1n) is 7.56. The maximum Gasteiger partial charge on any atom is 0.222 e. The second-order valence-electron chi connectivity index (χ2n) is 5.92. The molecule has 0 spiro atoms. The van der Waals surface area contributed by atoms with Crippen molar-refractivity contribution in [2.75, 3.05) is 13.1 Å². The first kappa shape index (κ1) is 15.0. The van der Waals surface area contributed by atoms with Crippen LogP contribution in [0.3, 0.4) is 0 Å². The summed E-state index contributed by atoms with van der Waals surface area (Å²) in [5.74, 6) is 0.695. The molecule has 1 aliphatic heterocycles. The number of amides is 1. The fourth-order valence-electron chi connectivity index (χ4n) is 3.11. The Balaban J connectivity index is 1.87. The Labute approximate surface area is 120 Å². The Morgan fingerprint density at radius 1 is 1.45 bits per heavy atom. The normalized spacial score (nSPS) is 22.5. The minimum Gasteiger partial charge on any atom is -0.341 e. The molecule has 5 nitrogen and oxygen atoms in total. The maximum atomic E-state index is 12.3. The maximum absolute atomic E-state index is 12.3. The summed E-state index contributed by atoms with van der Waals surface area (Å²) < 4.78 is 0. The molecule has 2 heterocycles. The van der Waals surface area contributed by atoms with Crippen LogP contribution in [0.5, 0.6) is 0 Å². The number of nitrogens with two attached hydrogens (primary N) is 1. The van der Waals surface area contributed by atoms with Crippen molar-refractivity contribution in [3.8, 4) is 0 Å². The number of carbonyl (C=O) groups is 1. The van der Waals surface area contributed by atoms with Crippen LogP contribution in [-0.2, 0) is 11.2 Å². The van der Waals surface area contributed by atoms with Gasteiger partial charge >= 0.3 is 0 Å². The SMILES string of the molecule is CCC[C@@H]1CN(C(=O)CCc2c(C)n[nH]c2C)C[C@H]1N. The third kappa shape index (κ3) is 3.20. The fourth-order valence-corrected chi connectivity index (χ4v) is 3.11. The third-order valence-corrected chi connectivity index (χ3v) is 4.37. The van der Waals surface area contributed by atoms with E-state index in [1.165, 1.54) is 5.56 Å². The molecule has 0 aromatic carbocycles. The number of nitrogens with one attached hydrogen (secondary N) is 1. The van der Waals surface area contributed by atoms with Crippen LogP contribution < -0.4 is 5.73 Å². The van der Waals surface area contributed by atoms with E-state index in [1.807, 2.05) is 18.7 Å². The number of hydrogen-bond acceptors (Lipinski definition) is 3. The van der Waals surface area contributed by atoms with E-state index in [0.29, 0.717) is 18.9 Å². The second kappa shape index (κ2) is 6.39. The molecule has 0 bridgehead atoms. The van der Waals surface area contributed by atoms with Crippen LogP contribution >= 0.6 is 0 Å². The standard InChI is InChI=1S/C15H26N4O/c1-4-5-12-8-19(9-14(12)16)15(20)7-6-13-10(2)17-18-11(13)3/h12,14H,4-9,16H2,1-3H3,(H,17,18)/t12-,14-/m1/s1. The number of aromatic amines is 1. The third-order valence-electron chi connectivity index (χ3n) is 4.37. The van der Waals surface area contributed by atoms with E-state index >= 15 is 0 Å². The van der Waals surface area contributed by atoms with E-state index < -0.39 is 0 Å². The van der Waals surface area contributed by atoms with Gasteiger partial charge in [-0.15, -0.1) is 0 Å². The van der Waals surface area contributed by atoms with Crippen molar-refractivity contribution in [3.05, 3.63) is 17.0 Å². The van der Waals surface area contributed by atoms with Crippen LogP contribution in [-0.4, -0.2) is 40.1 Å². The fraction of sp³-hybridized carbons (Fsp3) is 0.733. The first-order chi connectivity index (χ1) is 9.52. The van der Waals surface area contributed by atoms with E-state index in [-0.39, 0.29) is 11.9 Å². The molecule has 2 rings (SSSR count). The van der Waals surface area contributed by atoms with E-state index in [2.05, 4.69) is 17.1 Å². The van der Waals surface area contributed by atoms with Gasteiger partial charge in [-0.1, -0.05) is 13.3 Å². The summed E-state index contributed by atoms with van der Waals surface area (Å²) in [6, 6.07) is 0.149. The number of nitrogens with zero attached hydrogens (tertiary/aromatic N) is 2. The van der Waals surface area contributed by atoms with Gasteiger partial charge in [0.05, 0.1) is 5.69 Å². The highest BCUT2D eigenvalue weighted by Gasteiger charge is 2.31. The van der Waals surface area contributed by atoms with E-state index in [0.717, 1.165) is 37.2 Å². The average Bonchev–Trinajstić information content (AvgIpc) is 2.92. The Kier molecular flexibility index (Phi) is 4.81. The number of hydrogen-bond donors (Lipinski definition) is 2. The molecule has 1 aromatic heterocycles. The van der Waals surface area contributed by atoms with Gasteiger partial charge < -0.3 is 10.6 Å². The summed E-state index contributed by atoms with van der Waals surface area (Å²) in [6.07, 6.45) is 3.56. The molecular weight excluding hydrogens is 252 g/mol. The van der Waals surface area contributed by atoms with Gasteiger partial charge in [0.1, 0.15) is 0 Å². The van der Waals surface area contributed by atoms with Gasteiger partial charge in [0.25, 0.3) is 0 Å². The Morgan fingerprint density at radius 3 is 2.80 bits per heavy atom. The highest BCUT2D eigenvalue weighted by atomic mass is 16.2. The molecule has 0 unspecified atom stereocenters. The Bertz CT molecular complexity index is 449. The van der Waals surface area contributed by atoms with Gasteiger partial charge in [0, 0.05) is 31.2 Å². The minimum absolute atomic E-state index is 0.149. The first-order valence-corrected chi connectivity index (χ1v) is 7.56. The van der Waals surface area contributed by atoms with Crippen molar-refractivity contribution in [1.82, 2.24) is 15.1 Å². The summed E-state index contributed by atoms with van der Waals surface area (Å²) in [7, 11) is 0. The molecule has 20 heavy (non-hydrogen) atoms. The molecule has 1 aliphatic rings. The number of aryl methyl sites for hydroxylation is 2. The van der Waals surface area contributed by atoms with Crippen LogP contribution in [0.1, 0.15) is 43.1 Å². The molecular formula is C15H26N4O. The van der Waals surface area contributed by atoms with Crippen molar-refractivity contribution in [3.63, 3.8) is 0 Å². The molecule has 1 amide bonds. The van der Waals surface area contributed by atoms with E-state index in [9.17, 15) is 4.79 Å². The predicted molar refractivity (Wildman–Crippen MR) is 79.3 cm³/mol. The van der Waals surface area contributed by atoms with Gasteiger partial charge in [-0.2, -0.15) is 5.10 Å². The van der Waals surface area contributed by atoms with Crippen LogP contribution in [0.25, 0.3) is 0 Å². The lowest BCUT2D eigenvalue weighted by atomic mass is 9.99. The zero-order chi connectivity index (χ0) is 14.7. The molecule has 0 aliphatic carbocycles. The number of rotatable bonds is 5. The van der Waals surface area contributed by atoms with Crippen LogP contribution in [0, 0.1) is 19.8 Å². The summed E-state index contributed by atoms with van der Waals surface area (Å²) in [5, 5.41) is 7.14. The van der Waals surface area contributed by atoms with Crippen molar-refractivity contribution >= 4 is 5.91 Å². The smallest absolute Gasteiger partial charge is 0.222 e. The molecule has 1 fully saturated rings. The number of likely N-dealkylation sites (tertiary alicyclic amines) is 1. The highest BCUT2D eigenvalue weighted by molar-refractivity contribution is 5.77. The molecule has 0 saturated carbocycles. The summed E-state index contributed by atoms with van der Waals surface area (Å²) in [4.78, 5) is 14.2. The zero-order valence-electron chi connectivity index (χ0n) is 12.8. The van der Waals surface area contributed by atoms with Crippen molar-refractivity contribution in [2.24, 2.45) is 11.7 Å². The lowest BCUT2D eigenvalue weighted by molar-refractivity contribution is -0.130. The molecule has 112 valence electrons. The molecule has 0 radical (unpaired) electrons. The van der Waals surface area contributed by atoms with Crippen LogP contribution in [0.2, 0.25) is 0 Å². The quantitative estimate of drug-likeness (QED) is 0.858. The zero-order valence-corrected chi connectivity index (χ0v) is 12.8. The van der Waals surface area contributed by atoms with Gasteiger partial charge in [-0.25, -0.2) is 0 Å². The molecule has 2 atom stereocenters. The number of carbonyl (C=O) groups excluding carboxylic acids is 1. The lowest BCUT2D eigenvalue weighted by Gasteiger charge is -2.16. The Morgan fingerprint density at radius 2 is 2.20 bits per heavy atom. The number of aromatic nitrogens is 2. The largest absolute Gasteiger partial charge is 0.341 e. The second-order valence-corrected chi connectivity index (χ2v) is 5.92. The monoisotopic (exact) mass is 278 g/mol. The van der Waals surface area contributed by atoms with Gasteiger partial charge in [-0.05, 0) is 38.2 Å². The average molecular weight is 278 g/mol. The number of H-pyrrole nitrogens is 1. The molecule has 1 aromatic rings. The summed E-state index contributed by atoms with van der Waals surface area (Å²) in [6.45, 7) is 7.70. The summed E-state index contributed by atoms with van der Waals surface area (Å²) in [5.41, 5.74) is 9.36. The van der Waals surface area contributed by atoms with Crippen molar-refractivity contribution in [1.29, 1.82) is 0 Å².